The maximum Gasteiger partial charge on any atom is 0.128 e. The van der Waals surface area contributed by atoms with E-state index in [-0.39, 0.29) is 6.61 Å². The van der Waals surface area contributed by atoms with E-state index in [0.29, 0.717) is 5.69 Å². The molecular formula is C11H15NO4. The molecule has 0 saturated carbocycles. The molecule has 0 aromatic carbocycles. The summed E-state index contributed by atoms with van der Waals surface area (Å²) in [5, 5.41) is 28.3. The van der Waals surface area contributed by atoms with Crippen molar-refractivity contribution in [1.82, 2.24) is 4.98 Å². The molecule has 2 heterocycles. The molecule has 1 aliphatic rings. The van der Waals surface area contributed by atoms with Crippen LogP contribution in [0.15, 0.2) is 18.2 Å². The number of hydrogen-bond acceptors (Lipinski definition) is 5. The zero-order valence-corrected chi connectivity index (χ0v) is 8.95. The zero-order valence-electron chi connectivity index (χ0n) is 8.95. The normalized spacial score (nSPS) is 34.2. The summed E-state index contributed by atoms with van der Waals surface area (Å²) in [6, 6.07) is 5.38. The Morgan fingerprint density at radius 1 is 1.31 bits per heavy atom. The third-order valence-electron chi connectivity index (χ3n) is 2.74. The van der Waals surface area contributed by atoms with Gasteiger partial charge in [-0.2, -0.15) is 0 Å². The molecule has 4 atom stereocenters. The van der Waals surface area contributed by atoms with Gasteiger partial charge in [-0.25, -0.2) is 0 Å². The van der Waals surface area contributed by atoms with Gasteiger partial charge in [-0.1, -0.05) is 6.07 Å². The van der Waals surface area contributed by atoms with Gasteiger partial charge in [0, 0.05) is 5.69 Å². The summed E-state index contributed by atoms with van der Waals surface area (Å²) < 4.78 is 5.36. The molecule has 1 aliphatic heterocycles. The number of aliphatic hydroxyl groups is 3. The second-order valence-corrected chi connectivity index (χ2v) is 3.96. The molecular weight excluding hydrogens is 210 g/mol. The van der Waals surface area contributed by atoms with Crippen LogP contribution in [0.5, 0.6) is 0 Å². The van der Waals surface area contributed by atoms with Crippen molar-refractivity contribution in [3.05, 3.63) is 29.6 Å². The van der Waals surface area contributed by atoms with E-state index in [4.69, 9.17) is 9.84 Å². The van der Waals surface area contributed by atoms with Gasteiger partial charge in [0.05, 0.1) is 12.3 Å². The molecule has 5 heteroatoms. The zero-order chi connectivity index (χ0) is 11.7. The van der Waals surface area contributed by atoms with Crippen LogP contribution in [0, 0.1) is 6.92 Å². The van der Waals surface area contributed by atoms with E-state index in [2.05, 4.69) is 4.98 Å². The number of aryl methyl sites for hydroxylation is 1. The molecule has 3 N–H and O–H groups in total. The topological polar surface area (TPSA) is 82.8 Å². The van der Waals surface area contributed by atoms with Gasteiger partial charge < -0.3 is 20.1 Å². The van der Waals surface area contributed by atoms with Crippen LogP contribution < -0.4 is 0 Å². The molecule has 0 unspecified atom stereocenters. The smallest absolute Gasteiger partial charge is 0.128 e. The van der Waals surface area contributed by atoms with Crippen LogP contribution in [-0.4, -0.2) is 45.2 Å². The average molecular weight is 225 g/mol. The van der Waals surface area contributed by atoms with Gasteiger partial charge in [0.2, 0.25) is 0 Å². The summed E-state index contributed by atoms with van der Waals surface area (Å²) >= 11 is 0. The monoisotopic (exact) mass is 225 g/mol. The van der Waals surface area contributed by atoms with E-state index in [1.165, 1.54) is 0 Å². The van der Waals surface area contributed by atoms with Crippen LogP contribution in [0.3, 0.4) is 0 Å². The van der Waals surface area contributed by atoms with Gasteiger partial charge in [0.1, 0.15) is 24.4 Å². The van der Waals surface area contributed by atoms with Crippen molar-refractivity contribution in [3.63, 3.8) is 0 Å². The standard InChI is InChI=1S/C11H15NO4/c1-6-3-2-4-7(12-6)11-10(15)9(14)8(5-13)16-11/h2-4,8-11,13-15H,5H2,1H3/t8-,9-,10-,11+/m1/s1. The Morgan fingerprint density at radius 3 is 2.62 bits per heavy atom. The third kappa shape index (κ3) is 1.94. The minimum Gasteiger partial charge on any atom is -0.394 e. The molecule has 2 rings (SSSR count). The molecule has 5 nitrogen and oxygen atoms in total. The summed E-state index contributed by atoms with van der Waals surface area (Å²) in [6.45, 7) is 1.52. The highest BCUT2D eigenvalue weighted by Gasteiger charge is 2.43. The van der Waals surface area contributed by atoms with Crippen molar-refractivity contribution in [3.8, 4) is 0 Å². The molecule has 88 valence electrons. The molecule has 0 spiro atoms. The van der Waals surface area contributed by atoms with Gasteiger partial charge in [-0.3, -0.25) is 4.98 Å². The van der Waals surface area contributed by atoms with Crippen LogP contribution in [-0.2, 0) is 4.74 Å². The number of pyridine rings is 1. The summed E-state index contributed by atoms with van der Waals surface area (Å²) in [5.74, 6) is 0. The fourth-order valence-electron chi connectivity index (χ4n) is 1.87. The van der Waals surface area contributed by atoms with E-state index < -0.39 is 24.4 Å². The molecule has 0 aliphatic carbocycles. The van der Waals surface area contributed by atoms with E-state index in [0.717, 1.165) is 5.69 Å². The molecule has 0 radical (unpaired) electrons. The predicted octanol–water partition coefficient (Wildman–Crippen LogP) is -0.456. The Bertz CT molecular complexity index is 371. The third-order valence-corrected chi connectivity index (χ3v) is 2.74. The van der Waals surface area contributed by atoms with Crippen molar-refractivity contribution in [1.29, 1.82) is 0 Å². The van der Waals surface area contributed by atoms with Gasteiger partial charge in [0.25, 0.3) is 0 Å². The molecule has 16 heavy (non-hydrogen) atoms. The summed E-state index contributed by atoms with van der Waals surface area (Å²) in [7, 11) is 0. The minimum absolute atomic E-state index is 0.319. The lowest BCUT2D eigenvalue weighted by Gasteiger charge is -2.14. The minimum atomic E-state index is -1.07. The lowest BCUT2D eigenvalue weighted by atomic mass is 10.1. The quantitative estimate of drug-likeness (QED) is 0.634. The van der Waals surface area contributed by atoms with Gasteiger partial charge in [-0.15, -0.1) is 0 Å². The SMILES string of the molecule is Cc1cccc([C@@H]2O[C@H](CO)[C@@H](O)[C@H]2O)n1. The maximum atomic E-state index is 9.78. The first-order valence-corrected chi connectivity index (χ1v) is 5.19. The van der Waals surface area contributed by atoms with Crippen LogP contribution in [0.1, 0.15) is 17.5 Å². The van der Waals surface area contributed by atoms with Crippen LogP contribution in [0.2, 0.25) is 0 Å². The first-order valence-electron chi connectivity index (χ1n) is 5.19. The second-order valence-electron chi connectivity index (χ2n) is 3.96. The largest absolute Gasteiger partial charge is 0.394 e. The van der Waals surface area contributed by atoms with E-state index in [1.54, 1.807) is 6.07 Å². The van der Waals surface area contributed by atoms with Crippen LogP contribution >= 0.6 is 0 Å². The number of rotatable bonds is 2. The summed E-state index contributed by atoms with van der Waals surface area (Å²) in [4.78, 5) is 4.23. The van der Waals surface area contributed by atoms with Gasteiger partial charge in [0.15, 0.2) is 0 Å². The lowest BCUT2D eigenvalue weighted by Crippen LogP contribution is -2.32. The first kappa shape index (κ1) is 11.5. The fourth-order valence-corrected chi connectivity index (χ4v) is 1.87. The molecule has 0 amide bonds. The van der Waals surface area contributed by atoms with E-state index >= 15 is 0 Å². The highest BCUT2D eigenvalue weighted by atomic mass is 16.6. The Hall–Kier alpha value is -1.01. The summed E-state index contributed by atoms with van der Waals surface area (Å²) in [6.07, 6.45) is -3.54. The van der Waals surface area contributed by atoms with Crippen LogP contribution in [0.4, 0.5) is 0 Å². The summed E-state index contributed by atoms with van der Waals surface area (Å²) in [5.41, 5.74) is 1.39. The van der Waals surface area contributed by atoms with Crippen molar-refractivity contribution < 1.29 is 20.1 Å². The van der Waals surface area contributed by atoms with Gasteiger partial charge >= 0.3 is 0 Å². The van der Waals surface area contributed by atoms with E-state index in [9.17, 15) is 10.2 Å². The Morgan fingerprint density at radius 2 is 2.06 bits per heavy atom. The molecule has 1 fully saturated rings. The fraction of sp³-hybridized carbons (Fsp3) is 0.545. The molecule has 0 bridgehead atoms. The maximum absolute atomic E-state index is 9.78. The first-order chi connectivity index (χ1) is 7.63. The van der Waals surface area contributed by atoms with Crippen molar-refractivity contribution in [2.24, 2.45) is 0 Å². The van der Waals surface area contributed by atoms with Gasteiger partial charge in [-0.05, 0) is 19.1 Å². The lowest BCUT2D eigenvalue weighted by molar-refractivity contribution is -0.0239. The number of aromatic nitrogens is 1. The molecule has 1 saturated heterocycles. The Balaban J connectivity index is 2.23. The second kappa shape index (κ2) is 4.47. The molecule has 1 aromatic heterocycles. The molecule has 1 aromatic rings. The highest BCUT2D eigenvalue weighted by molar-refractivity contribution is 5.15. The predicted molar refractivity (Wildman–Crippen MR) is 55.7 cm³/mol. The highest BCUT2D eigenvalue weighted by Crippen LogP contribution is 2.32. The Kier molecular flexibility index (Phi) is 3.20. The Labute approximate surface area is 93.3 Å². The number of ether oxygens (including phenoxy) is 1. The van der Waals surface area contributed by atoms with Crippen molar-refractivity contribution in [2.75, 3.05) is 6.61 Å². The number of hydrogen-bond donors (Lipinski definition) is 3. The van der Waals surface area contributed by atoms with Crippen LogP contribution in [0.25, 0.3) is 0 Å². The van der Waals surface area contributed by atoms with E-state index in [1.807, 2.05) is 19.1 Å². The average Bonchev–Trinajstić information content (AvgIpc) is 2.56. The number of nitrogens with zero attached hydrogens (tertiary/aromatic N) is 1. The van der Waals surface area contributed by atoms with Crippen molar-refractivity contribution >= 4 is 0 Å². The number of aliphatic hydroxyl groups excluding tert-OH is 3. The van der Waals surface area contributed by atoms with Crippen molar-refractivity contribution in [2.45, 2.75) is 31.3 Å².